The van der Waals surface area contributed by atoms with Crippen molar-refractivity contribution in [2.75, 3.05) is 0 Å². The third-order valence-corrected chi connectivity index (χ3v) is 3.28. The van der Waals surface area contributed by atoms with E-state index in [-0.39, 0.29) is 11.3 Å². The molecule has 0 atom stereocenters. The Morgan fingerprint density at radius 1 is 0.833 bits per heavy atom. The van der Waals surface area contributed by atoms with Gasteiger partial charge in [0.2, 0.25) is 5.82 Å². The van der Waals surface area contributed by atoms with Crippen LogP contribution < -0.4 is 10.4 Å². The number of ether oxygens (including phenoxy) is 1. The number of fused-ring (bicyclic) bond motifs is 1. The highest BCUT2D eigenvalue weighted by Crippen LogP contribution is 2.25. The van der Waals surface area contributed by atoms with E-state index in [1.54, 1.807) is 0 Å². The van der Waals surface area contributed by atoms with Crippen LogP contribution >= 0.6 is 0 Å². The minimum Gasteiger partial charge on any atom is -0.489 e. The van der Waals surface area contributed by atoms with Crippen molar-refractivity contribution >= 4 is 11.0 Å². The molecule has 1 heterocycles. The Morgan fingerprint density at radius 2 is 1.42 bits per heavy atom. The third kappa shape index (κ3) is 2.70. The molecule has 0 unspecified atom stereocenters. The molecule has 0 spiro atoms. The van der Waals surface area contributed by atoms with Crippen molar-refractivity contribution in [1.82, 2.24) is 0 Å². The van der Waals surface area contributed by atoms with Gasteiger partial charge in [-0.05, 0) is 18.2 Å². The fourth-order valence-electron chi connectivity index (χ4n) is 2.06. The summed E-state index contributed by atoms with van der Waals surface area (Å²) in [7, 11) is 0. The zero-order valence-electron chi connectivity index (χ0n) is 11.7. The highest BCUT2D eigenvalue weighted by Gasteiger charge is 2.25. The molecule has 0 aliphatic heterocycles. The second-order valence-corrected chi connectivity index (χ2v) is 4.79. The van der Waals surface area contributed by atoms with E-state index in [4.69, 9.17) is 9.15 Å². The lowest BCUT2D eigenvalue weighted by molar-refractivity contribution is 0.279. The molecular formula is C16H7F5O3. The predicted molar refractivity (Wildman–Crippen MR) is 73.0 cm³/mol. The molecule has 0 fully saturated rings. The number of hydrogen-bond donors (Lipinski definition) is 0. The minimum atomic E-state index is -2.23. The van der Waals surface area contributed by atoms with E-state index in [1.807, 2.05) is 0 Å². The van der Waals surface area contributed by atoms with Crippen LogP contribution in [0, 0.1) is 29.1 Å². The van der Waals surface area contributed by atoms with Gasteiger partial charge in [-0.2, -0.15) is 0 Å². The van der Waals surface area contributed by atoms with Gasteiger partial charge in [0.1, 0.15) is 17.9 Å². The van der Waals surface area contributed by atoms with Gasteiger partial charge in [-0.25, -0.2) is 26.7 Å². The van der Waals surface area contributed by atoms with Gasteiger partial charge in [0.15, 0.2) is 23.3 Å². The molecule has 0 saturated heterocycles. The van der Waals surface area contributed by atoms with Gasteiger partial charge < -0.3 is 9.15 Å². The van der Waals surface area contributed by atoms with Crippen LogP contribution in [-0.4, -0.2) is 0 Å². The van der Waals surface area contributed by atoms with Crippen LogP contribution in [0.1, 0.15) is 5.56 Å². The van der Waals surface area contributed by atoms with Crippen LogP contribution in [-0.2, 0) is 6.61 Å². The largest absolute Gasteiger partial charge is 0.489 e. The molecule has 1 aromatic heterocycles. The van der Waals surface area contributed by atoms with E-state index in [1.165, 1.54) is 30.3 Å². The van der Waals surface area contributed by atoms with Crippen LogP contribution in [0.25, 0.3) is 11.0 Å². The SMILES string of the molecule is O=c1ccc2ccc(OCc3c(F)c(F)c(F)c(F)c3F)cc2o1. The van der Waals surface area contributed by atoms with Crippen molar-refractivity contribution in [2.45, 2.75) is 6.61 Å². The molecule has 124 valence electrons. The van der Waals surface area contributed by atoms with Gasteiger partial charge in [-0.3, -0.25) is 0 Å². The van der Waals surface area contributed by atoms with Gasteiger partial charge in [0, 0.05) is 17.5 Å². The summed E-state index contributed by atoms with van der Waals surface area (Å²) in [5.74, 6) is -10.2. The van der Waals surface area contributed by atoms with E-state index in [0.29, 0.717) is 5.39 Å². The van der Waals surface area contributed by atoms with E-state index >= 15 is 0 Å². The Hall–Kier alpha value is -2.90. The third-order valence-electron chi connectivity index (χ3n) is 3.28. The maximum atomic E-state index is 13.6. The van der Waals surface area contributed by atoms with E-state index in [9.17, 15) is 26.7 Å². The van der Waals surface area contributed by atoms with E-state index < -0.39 is 46.9 Å². The average molecular weight is 342 g/mol. The predicted octanol–water partition coefficient (Wildman–Crippen LogP) is 4.07. The zero-order valence-corrected chi connectivity index (χ0v) is 11.7. The number of halogens is 5. The quantitative estimate of drug-likeness (QED) is 0.312. The molecule has 0 aliphatic carbocycles. The molecule has 2 aromatic carbocycles. The fraction of sp³-hybridized carbons (Fsp3) is 0.0625. The van der Waals surface area contributed by atoms with Crippen LogP contribution in [0.3, 0.4) is 0 Å². The Labute approximate surface area is 130 Å². The summed E-state index contributed by atoms with van der Waals surface area (Å²) in [5, 5.41) is 0.568. The second-order valence-electron chi connectivity index (χ2n) is 4.79. The number of benzene rings is 2. The van der Waals surface area contributed by atoms with Crippen LogP contribution in [0.4, 0.5) is 22.0 Å². The number of rotatable bonds is 3. The lowest BCUT2D eigenvalue weighted by atomic mass is 10.2. The Balaban J connectivity index is 1.93. The Kier molecular flexibility index (Phi) is 3.96. The molecule has 3 rings (SSSR count). The first-order valence-electron chi connectivity index (χ1n) is 6.55. The Morgan fingerprint density at radius 3 is 2.08 bits per heavy atom. The Bertz CT molecular complexity index is 968. The summed E-state index contributed by atoms with van der Waals surface area (Å²) in [4.78, 5) is 11.1. The summed E-state index contributed by atoms with van der Waals surface area (Å²) in [5.41, 5.74) is -1.56. The van der Waals surface area contributed by atoms with E-state index in [0.717, 1.165) is 0 Å². The molecular weight excluding hydrogens is 335 g/mol. The minimum absolute atomic E-state index is 0.0285. The highest BCUT2D eigenvalue weighted by atomic mass is 19.2. The van der Waals surface area contributed by atoms with Crippen molar-refractivity contribution < 1.29 is 31.1 Å². The van der Waals surface area contributed by atoms with Gasteiger partial charge in [0.25, 0.3) is 0 Å². The van der Waals surface area contributed by atoms with Crippen molar-refractivity contribution in [3.05, 3.63) is 75.4 Å². The molecule has 3 nitrogen and oxygen atoms in total. The van der Waals surface area contributed by atoms with Crippen LogP contribution in [0.5, 0.6) is 5.75 Å². The maximum absolute atomic E-state index is 13.6. The summed E-state index contributed by atoms with van der Waals surface area (Å²) < 4.78 is 76.2. The maximum Gasteiger partial charge on any atom is 0.336 e. The monoisotopic (exact) mass is 342 g/mol. The molecule has 0 radical (unpaired) electrons. The normalized spacial score (nSPS) is 11.0. The smallest absolute Gasteiger partial charge is 0.336 e. The van der Waals surface area contributed by atoms with Crippen LogP contribution in [0.15, 0.2) is 39.5 Å². The van der Waals surface area contributed by atoms with Gasteiger partial charge in [-0.15, -0.1) is 0 Å². The highest BCUT2D eigenvalue weighted by molar-refractivity contribution is 5.77. The molecule has 0 aliphatic rings. The van der Waals surface area contributed by atoms with Crippen molar-refractivity contribution in [1.29, 1.82) is 0 Å². The molecule has 3 aromatic rings. The van der Waals surface area contributed by atoms with Crippen molar-refractivity contribution in [3.8, 4) is 5.75 Å². The lowest BCUT2D eigenvalue weighted by Gasteiger charge is -2.10. The molecule has 0 amide bonds. The topological polar surface area (TPSA) is 39.4 Å². The first-order chi connectivity index (χ1) is 11.4. The lowest BCUT2D eigenvalue weighted by Crippen LogP contribution is -2.09. The van der Waals surface area contributed by atoms with Gasteiger partial charge in [0.05, 0.1) is 5.56 Å². The molecule has 0 bridgehead atoms. The van der Waals surface area contributed by atoms with E-state index in [2.05, 4.69) is 0 Å². The summed E-state index contributed by atoms with van der Waals surface area (Å²) in [6.45, 7) is -0.894. The van der Waals surface area contributed by atoms with Crippen LogP contribution in [0.2, 0.25) is 0 Å². The molecule has 0 N–H and O–H groups in total. The standard InChI is InChI=1S/C16H7F5O3/c17-12-9(13(18)15(20)16(21)14(12)19)6-23-8-3-1-7-2-4-11(22)24-10(7)5-8/h1-5H,6H2. The van der Waals surface area contributed by atoms with Crippen molar-refractivity contribution in [2.24, 2.45) is 0 Å². The molecule has 24 heavy (non-hydrogen) atoms. The zero-order chi connectivity index (χ0) is 17.4. The first-order valence-corrected chi connectivity index (χ1v) is 6.55. The summed E-state index contributed by atoms with van der Waals surface area (Å²) in [6, 6.07) is 6.87. The first kappa shape index (κ1) is 16.0. The second kappa shape index (κ2) is 5.95. The molecule has 0 saturated carbocycles. The summed E-state index contributed by atoms with van der Waals surface area (Å²) >= 11 is 0. The number of hydrogen-bond acceptors (Lipinski definition) is 3. The average Bonchev–Trinajstić information content (AvgIpc) is 2.58. The molecule has 8 heteroatoms. The fourth-order valence-corrected chi connectivity index (χ4v) is 2.06. The summed E-state index contributed by atoms with van der Waals surface area (Å²) in [6.07, 6.45) is 0. The van der Waals surface area contributed by atoms with Gasteiger partial charge in [-0.1, -0.05) is 0 Å². The van der Waals surface area contributed by atoms with Crippen molar-refractivity contribution in [3.63, 3.8) is 0 Å². The van der Waals surface area contributed by atoms with Gasteiger partial charge >= 0.3 is 5.63 Å².